The predicted octanol–water partition coefficient (Wildman–Crippen LogP) is 4.32. The molecule has 0 fully saturated rings. The van der Waals surface area contributed by atoms with Crippen molar-refractivity contribution in [1.29, 1.82) is 0 Å². The van der Waals surface area contributed by atoms with Crippen LogP contribution in [-0.4, -0.2) is 36.9 Å². The molecule has 0 saturated heterocycles. The predicted molar refractivity (Wildman–Crippen MR) is 111 cm³/mol. The van der Waals surface area contributed by atoms with Crippen molar-refractivity contribution in [2.75, 3.05) is 25.5 Å². The van der Waals surface area contributed by atoms with Crippen molar-refractivity contribution in [2.45, 2.75) is 26.7 Å². The zero-order valence-corrected chi connectivity index (χ0v) is 17.5. The lowest BCUT2D eigenvalue weighted by Gasteiger charge is -2.18. The van der Waals surface area contributed by atoms with Crippen molar-refractivity contribution >= 4 is 33.4 Å². The molecule has 0 bridgehead atoms. The first-order valence-corrected chi connectivity index (χ1v) is 9.64. The van der Waals surface area contributed by atoms with Crippen LogP contribution in [0, 0.1) is 13.8 Å². The third-order valence-corrected chi connectivity index (χ3v) is 4.65. The smallest absolute Gasteiger partial charge is 0.243 e. The Bertz CT molecular complexity index is 788. The fourth-order valence-corrected chi connectivity index (χ4v) is 3.03. The molecule has 0 aromatic heterocycles. The second-order valence-corrected chi connectivity index (χ2v) is 7.39. The number of benzene rings is 2. The SMILES string of the molecule is Cc1cccc(C)c1NC(=O)CN(C)C(=O)CCCOc1cccc(Br)c1. The van der Waals surface area contributed by atoms with E-state index in [1.54, 1.807) is 7.05 Å². The van der Waals surface area contributed by atoms with Crippen LogP contribution in [0.1, 0.15) is 24.0 Å². The summed E-state index contributed by atoms with van der Waals surface area (Å²) in [4.78, 5) is 25.9. The van der Waals surface area contributed by atoms with Gasteiger partial charge in [-0.2, -0.15) is 0 Å². The number of rotatable bonds is 8. The lowest BCUT2D eigenvalue weighted by molar-refractivity contribution is -0.133. The van der Waals surface area contributed by atoms with E-state index in [4.69, 9.17) is 4.74 Å². The highest BCUT2D eigenvalue weighted by atomic mass is 79.9. The number of aryl methyl sites for hydroxylation is 2. The number of nitrogens with zero attached hydrogens (tertiary/aromatic N) is 1. The number of carbonyl (C=O) groups is 2. The van der Waals surface area contributed by atoms with E-state index in [1.807, 2.05) is 56.3 Å². The van der Waals surface area contributed by atoms with E-state index in [2.05, 4.69) is 21.2 Å². The summed E-state index contributed by atoms with van der Waals surface area (Å²) in [6.45, 7) is 4.37. The first kappa shape index (κ1) is 21.0. The molecule has 2 aromatic carbocycles. The molecule has 144 valence electrons. The number of halogens is 1. The van der Waals surface area contributed by atoms with Gasteiger partial charge < -0.3 is 15.0 Å². The van der Waals surface area contributed by atoms with Gasteiger partial charge in [0, 0.05) is 23.6 Å². The van der Waals surface area contributed by atoms with E-state index in [1.165, 1.54) is 4.90 Å². The average molecular weight is 433 g/mol. The quantitative estimate of drug-likeness (QED) is 0.631. The van der Waals surface area contributed by atoms with Gasteiger partial charge in [-0.3, -0.25) is 9.59 Å². The van der Waals surface area contributed by atoms with E-state index in [0.717, 1.165) is 27.0 Å². The van der Waals surface area contributed by atoms with E-state index >= 15 is 0 Å². The van der Waals surface area contributed by atoms with Gasteiger partial charge in [-0.05, 0) is 49.6 Å². The standard InChI is InChI=1S/C21H25BrN2O3/c1-15-7-4-8-16(2)21(15)23-19(25)14-24(3)20(26)11-6-12-27-18-10-5-9-17(22)13-18/h4-5,7-10,13H,6,11-12,14H2,1-3H3,(H,23,25). The number of hydrogen-bond donors (Lipinski definition) is 1. The Kier molecular flexibility index (Phi) is 7.85. The van der Waals surface area contributed by atoms with Crippen molar-refractivity contribution in [1.82, 2.24) is 4.90 Å². The Morgan fingerprint density at radius 3 is 2.44 bits per heavy atom. The summed E-state index contributed by atoms with van der Waals surface area (Å²) in [5, 5.41) is 2.90. The van der Waals surface area contributed by atoms with Crippen LogP contribution in [0.5, 0.6) is 5.75 Å². The maximum absolute atomic E-state index is 12.2. The summed E-state index contributed by atoms with van der Waals surface area (Å²) < 4.78 is 6.57. The van der Waals surface area contributed by atoms with Crippen molar-refractivity contribution in [3.8, 4) is 5.75 Å². The van der Waals surface area contributed by atoms with Gasteiger partial charge in [0.15, 0.2) is 0 Å². The zero-order chi connectivity index (χ0) is 19.8. The molecule has 0 atom stereocenters. The van der Waals surface area contributed by atoms with Gasteiger partial charge in [0.25, 0.3) is 0 Å². The Morgan fingerprint density at radius 1 is 1.11 bits per heavy atom. The van der Waals surface area contributed by atoms with Crippen LogP contribution in [-0.2, 0) is 9.59 Å². The number of hydrogen-bond acceptors (Lipinski definition) is 3. The third kappa shape index (κ3) is 6.71. The number of ether oxygens (including phenoxy) is 1. The van der Waals surface area contributed by atoms with Gasteiger partial charge in [-0.1, -0.05) is 40.2 Å². The molecule has 0 heterocycles. The van der Waals surface area contributed by atoms with E-state index in [9.17, 15) is 9.59 Å². The van der Waals surface area contributed by atoms with E-state index in [-0.39, 0.29) is 18.4 Å². The fraction of sp³-hybridized carbons (Fsp3) is 0.333. The molecule has 0 radical (unpaired) electrons. The Labute approximate surface area is 168 Å². The van der Waals surface area contributed by atoms with Crippen molar-refractivity contribution in [3.05, 3.63) is 58.1 Å². The zero-order valence-electron chi connectivity index (χ0n) is 15.9. The Hall–Kier alpha value is -2.34. The van der Waals surface area contributed by atoms with E-state index in [0.29, 0.717) is 19.4 Å². The van der Waals surface area contributed by atoms with Crippen LogP contribution >= 0.6 is 15.9 Å². The minimum absolute atomic E-state index is 0.0269. The minimum Gasteiger partial charge on any atom is -0.494 e. The molecular weight excluding hydrogens is 408 g/mol. The second kappa shape index (κ2) is 10.1. The lowest BCUT2D eigenvalue weighted by atomic mass is 10.1. The van der Waals surface area contributed by atoms with Gasteiger partial charge in [0.05, 0.1) is 13.2 Å². The molecule has 0 unspecified atom stereocenters. The van der Waals surface area contributed by atoms with Crippen molar-refractivity contribution in [3.63, 3.8) is 0 Å². The summed E-state index contributed by atoms with van der Waals surface area (Å²) in [7, 11) is 1.64. The van der Waals surface area contributed by atoms with Crippen LogP contribution in [0.15, 0.2) is 46.9 Å². The van der Waals surface area contributed by atoms with Crippen molar-refractivity contribution < 1.29 is 14.3 Å². The van der Waals surface area contributed by atoms with Crippen LogP contribution in [0.25, 0.3) is 0 Å². The first-order valence-electron chi connectivity index (χ1n) is 8.85. The molecule has 0 saturated carbocycles. The lowest BCUT2D eigenvalue weighted by Crippen LogP contribution is -2.35. The molecular formula is C21H25BrN2O3. The molecule has 0 spiro atoms. The molecule has 2 rings (SSSR count). The summed E-state index contributed by atoms with van der Waals surface area (Å²) >= 11 is 3.39. The molecule has 5 nitrogen and oxygen atoms in total. The highest BCUT2D eigenvalue weighted by Gasteiger charge is 2.14. The largest absolute Gasteiger partial charge is 0.494 e. The molecule has 27 heavy (non-hydrogen) atoms. The van der Waals surface area contributed by atoms with Crippen LogP contribution in [0.3, 0.4) is 0 Å². The molecule has 2 aromatic rings. The third-order valence-electron chi connectivity index (χ3n) is 4.15. The maximum Gasteiger partial charge on any atom is 0.243 e. The van der Waals surface area contributed by atoms with Gasteiger partial charge in [-0.15, -0.1) is 0 Å². The van der Waals surface area contributed by atoms with Crippen LogP contribution < -0.4 is 10.1 Å². The summed E-state index contributed by atoms with van der Waals surface area (Å²) in [6, 6.07) is 13.4. The van der Waals surface area contributed by atoms with E-state index < -0.39 is 0 Å². The number of para-hydroxylation sites is 1. The van der Waals surface area contributed by atoms with Crippen LogP contribution in [0.2, 0.25) is 0 Å². The number of nitrogens with one attached hydrogen (secondary N) is 1. The molecule has 2 amide bonds. The highest BCUT2D eigenvalue weighted by molar-refractivity contribution is 9.10. The average Bonchev–Trinajstić information content (AvgIpc) is 2.62. The number of likely N-dealkylation sites (N-methyl/N-ethyl adjacent to an activating group) is 1. The highest BCUT2D eigenvalue weighted by Crippen LogP contribution is 2.19. The normalized spacial score (nSPS) is 10.4. The molecule has 0 aliphatic heterocycles. The van der Waals surface area contributed by atoms with Gasteiger partial charge in [0.2, 0.25) is 11.8 Å². The Morgan fingerprint density at radius 2 is 1.78 bits per heavy atom. The topological polar surface area (TPSA) is 58.6 Å². The summed E-state index contributed by atoms with van der Waals surface area (Å²) in [5.74, 6) is 0.483. The monoisotopic (exact) mass is 432 g/mol. The fourth-order valence-electron chi connectivity index (χ4n) is 2.66. The van der Waals surface area contributed by atoms with Gasteiger partial charge in [-0.25, -0.2) is 0 Å². The summed E-state index contributed by atoms with van der Waals surface area (Å²) in [6.07, 6.45) is 0.926. The molecule has 6 heteroatoms. The maximum atomic E-state index is 12.2. The minimum atomic E-state index is -0.200. The molecule has 0 aliphatic carbocycles. The van der Waals surface area contributed by atoms with Gasteiger partial charge in [0.1, 0.15) is 5.75 Å². The van der Waals surface area contributed by atoms with Gasteiger partial charge >= 0.3 is 0 Å². The number of anilines is 1. The van der Waals surface area contributed by atoms with Crippen molar-refractivity contribution in [2.24, 2.45) is 0 Å². The number of amides is 2. The second-order valence-electron chi connectivity index (χ2n) is 6.47. The number of carbonyl (C=O) groups excluding carboxylic acids is 2. The molecule has 0 aliphatic rings. The summed E-state index contributed by atoms with van der Waals surface area (Å²) in [5.41, 5.74) is 2.81. The molecule has 1 N–H and O–H groups in total. The first-order chi connectivity index (χ1) is 12.9. The van der Waals surface area contributed by atoms with Crippen LogP contribution in [0.4, 0.5) is 5.69 Å². The Balaban J connectivity index is 1.74.